The van der Waals surface area contributed by atoms with Crippen molar-refractivity contribution in [2.75, 3.05) is 12.4 Å². The van der Waals surface area contributed by atoms with Gasteiger partial charge in [0.05, 0.1) is 0 Å². The van der Waals surface area contributed by atoms with Crippen LogP contribution in [0.4, 0.5) is 5.69 Å². The minimum Gasteiger partial charge on any atom is -0.374 e. The maximum Gasteiger partial charge on any atom is 0.249 e. The van der Waals surface area contributed by atoms with E-state index in [0.717, 1.165) is 12.1 Å². The number of hydrogen-bond acceptors (Lipinski definition) is 5. The summed E-state index contributed by atoms with van der Waals surface area (Å²) in [5, 5.41) is 7.33. The fraction of sp³-hybridized carbons (Fsp3) is 0.385. The highest BCUT2D eigenvalue weighted by Crippen LogP contribution is 2.33. The van der Waals surface area contributed by atoms with Crippen molar-refractivity contribution in [3.05, 3.63) is 41.5 Å². The molecule has 5 nitrogen and oxygen atoms in total. The number of ether oxygens (including phenoxy) is 1. The number of para-hydroxylation sites is 1. The van der Waals surface area contributed by atoms with E-state index in [1.807, 2.05) is 19.1 Å². The van der Waals surface area contributed by atoms with Gasteiger partial charge < -0.3 is 14.6 Å². The van der Waals surface area contributed by atoms with Crippen molar-refractivity contribution in [2.24, 2.45) is 0 Å². The van der Waals surface area contributed by atoms with E-state index in [9.17, 15) is 0 Å². The molecule has 1 aromatic carbocycles. The maximum atomic E-state index is 5.30. The Balaban J connectivity index is 1.80. The zero-order chi connectivity index (χ0) is 12.5. The lowest BCUT2D eigenvalue weighted by atomic mass is 10.1. The standard InChI is InChI=1S/C13H15N3O2/c1-8(17-2)12-15-13(18-16-12)11-7-9-5-3-4-6-10(9)14-11/h3-6,8,11,14H,7H2,1-2H3. The van der Waals surface area contributed by atoms with Crippen molar-refractivity contribution >= 4 is 5.69 Å². The van der Waals surface area contributed by atoms with E-state index in [4.69, 9.17) is 9.26 Å². The van der Waals surface area contributed by atoms with Crippen LogP contribution in [0, 0.1) is 0 Å². The van der Waals surface area contributed by atoms with E-state index in [2.05, 4.69) is 27.6 Å². The highest BCUT2D eigenvalue weighted by Gasteiger charge is 2.27. The summed E-state index contributed by atoms with van der Waals surface area (Å²) < 4.78 is 10.5. The summed E-state index contributed by atoms with van der Waals surface area (Å²) in [6.45, 7) is 1.89. The molecule has 2 unspecified atom stereocenters. The molecule has 5 heteroatoms. The maximum absolute atomic E-state index is 5.30. The average molecular weight is 245 g/mol. The van der Waals surface area contributed by atoms with Gasteiger partial charge in [-0.1, -0.05) is 23.4 Å². The first-order valence-corrected chi connectivity index (χ1v) is 5.98. The van der Waals surface area contributed by atoms with Crippen LogP contribution in [0.5, 0.6) is 0 Å². The average Bonchev–Trinajstić information content (AvgIpc) is 3.03. The lowest BCUT2D eigenvalue weighted by Gasteiger charge is -2.05. The van der Waals surface area contributed by atoms with Crippen LogP contribution < -0.4 is 5.32 Å². The molecule has 1 N–H and O–H groups in total. The predicted octanol–water partition coefficient (Wildman–Crippen LogP) is 2.49. The lowest BCUT2D eigenvalue weighted by Crippen LogP contribution is -2.06. The molecule has 3 rings (SSSR count). The molecule has 2 heterocycles. The van der Waals surface area contributed by atoms with Crippen molar-refractivity contribution in [1.29, 1.82) is 0 Å². The second-order valence-corrected chi connectivity index (χ2v) is 4.43. The monoisotopic (exact) mass is 245 g/mol. The largest absolute Gasteiger partial charge is 0.374 e. The molecule has 2 atom stereocenters. The first-order valence-electron chi connectivity index (χ1n) is 5.98. The molecular formula is C13H15N3O2. The first-order chi connectivity index (χ1) is 8.78. The Bertz CT molecular complexity index is 528. The third-order valence-corrected chi connectivity index (χ3v) is 3.24. The number of hydrogen-bond donors (Lipinski definition) is 1. The van der Waals surface area contributed by atoms with Crippen LogP contribution in [0.1, 0.15) is 36.3 Å². The second-order valence-electron chi connectivity index (χ2n) is 4.43. The number of nitrogens with one attached hydrogen (secondary N) is 1. The van der Waals surface area contributed by atoms with Gasteiger partial charge in [-0.05, 0) is 18.6 Å². The molecule has 2 aromatic rings. The van der Waals surface area contributed by atoms with Crippen LogP contribution in [-0.4, -0.2) is 17.3 Å². The summed E-state index contributed by atoms with van der Waals surface area (Å²) in [4.78, 5) is 4.38. The first kappa shape index (κ1) is 11.2. The number of anilines is 1. The van der Waals surface area contributed by atoms with Gasteiger partial charge in [0.15, 0.2) is 5.82 Å². The summed E-state index contributed by atoms with van der Waals surface area (Å²) in [6, 6.07) is 8.28. The van der Waals surface area contributed by atoms with Crippen molar-refractivity contribution < 1.29 is 9.26 Å². The normalized spacial score (nSPS) is 19.3. The molecule has 1 aliphatic heterocycles. The molecule has 1 aromatic heterocycles. The quantitative estimate of drug-likeness (QED) is 0.900. The summed E-state index contributed by atoms with van der Waals surface area (Å²) in [7, 11) is 1.63. The number of aromatic nitrogens is 2. The van der Waals surface area contributed by atoms with E-state index >= 15 is 0 Å². The van der Waals surface area contributed by atoms with Gasteiger partial charge in [0.25, 0.3) is 0 Å². The fourth-order valence-electron chi connectivity index (χ4n) is 2.11. The Hall–Kier alpha value is -1.88. The molecule has 0 amide bonds. The molecule has 0 bridgehead atoms. The third kappa shape index (κ3) is 1.86. The number of methoxy groups -OCH3 is 1. The molecular weight excluding hydrogens is 230 g/mol. The molecule has 0 radical (unpaired) electrons. The van der Waals surface area contributed by atoms with Crippen molar-refractivity contribution in [2.45, 2.75) is 25.5 Å². The van der Waals surface area contributed by atoms with Gasteiger partial charge in [-0.15, -0.1) is 0 Å². The van der Waals surface area contributed by atoms with Gasteiger partial charge in [0.1, 0.15) is 12.1 Å². The molecule has 94 valence electrons. The number of fused-ring (bicyclic) bond motifs is 1. The van der Waals surface area contributed by atoms with Gasteiger partial charge in [-0.2, -0.15) is 4.98 Å². The fourth-order valence-corrected chi connectivity index (χ4v) is 2.11. The SMILES string of the molecule is COC(C)c1noc(C2Cc3ccccc3N2)n1. The summed E-state index contributed by atoms with van der Waals surface area (Å²) in [5.74, 6) is 1.20. The van der Waals surface area contributed by atoms with Crippen LogP contribution in [0.2, 0.25) is 0 Å². The minimum atomic E-state index is -0.147. The number of benzene rings is 1. The lowest BCUT2D eigenvalue weighted by molar-refractivity contribution is 0.109. The van der Waals surface area contributed by atoms with Crippen LogP contribution in [0.3, 0.4) is 0 Å². The van der Waals surface area contributed by atoms with Crippen LogP contribution in [0.15, 0.2) is 28.8 Å². The Kier molecular flexibility index (Phi) is 2.76. The van der Waals surface area contributed by atoms with Crippen LogP contribution in [-0.2, 0) is 11.2 Å². The third-order valence-electron chi connectivity index (χ3n) is 3.24. The molecule has 18 heavy (non-hydrogen) atoms. The Labute approximate surface area is 105 Å². The smallest absolute Gasteiger partial charge is 0.249 e. The second kappa shape index (κ2) is 4.42. The molecule has 0 aliphatic carbocycles. The number of nitrogens with zero attached hydrogens (tertiary/aromatic N) is 2. The van der Waals surface area contributed by atoms with Gasteiger partial charge in [0, 0.05) is 19.2 Å². The van der Waals surface area contributed by atoms with Gasteiger partial charge in [-0.25, -0.2) is 0 Å². The van der Waals surface area contributed by atoms with E-state index in [1.165, 1.54) is 5.56 Å². The summed E-state index contributed by atoms with van der Waals surface area (Å²) >= 11 is 0. The van der Waals surface area contributed by atoms with Crippen molar-refractivity contribution in [3.8, 4) is 0 Å². The Morgan fingerprint density at radius 1 is 1.44 bits per heavy atom. The summed E-state index contributed by atoms with van der Waals surface area (Å²) in [6.07, 6.45) is 0.727. The van der Waals surface area contributed by atoms with E-state index in [1.54, 1.807) is 7.11 Å². The topological polar surface area (TPSA) is 60.2 Å². The highest BCUT2D eigenvalue weighted by atomic mass is 16.5. The van der Waals surface area contributed by atoms with Gasteiger partial charge >= 0.3 is 0 Å². The van der Waals surface area contributed by atoms with Crippen LogP contribution in [0.25, 0.3) is 0 Å². The zero-order valence-corrected chi connectivity index (χ0v) is 10.4. The van der Waals surface area contributed by atoms with Crippen LogP contribution >= 0.6 is 0 Å². The Morgan fingerprint density at radius 2 is 2.28 bits per heavy atom. The van der Waals surface area contributed by atoms with E-state index in [-0.39, 0.29) is 12.1 Å². The molecule has 0 saturated heterocycles. The Morgan fingerprint density at radius 3 is 3.06 bits per heavy atom. The highest BCUT2D eigenvalue weighted by molar-refractivity contribution is 5.56. The number of rotatable bonds is 3. The molecule has 0 spiro atoms. The van der Waals surface area contributed by atoms with E-state index in [0.29, 0.717) is 11.7 Å². The molecule has 0 fully saturated rings. The van der Waals surface area contributed by atoms with Crippen molar-refractivity contribution in [1.82, 2.24) is 10.1 Å². The predicted molar refractivity (Wildman–Crippen MR) is 66.2 cm³/mol. The van der Waals surface area contributed by atoms with Gasteiger partial charge in [-0.3, -0.25) is 0 Å². The van der Waals surface area contributed by atoms with Gasteiger partial charge in [0.2, 0.25) is 5.89 Å². The molecule has 0 saturated carbocycles. The zero-order valence-electron chi connectivity index (χ0n) is 10.4. The summed E-state index contributed by atoms with van der Waals surface area (Å²) in [5.41, 5.74) is 2.42. The van der Waals surface area contributed by atoms with Crippen molar-refractivity contribution in [3.63, 3.8) is 0 Å². The molecule has 1 aliphatic rings. The van der Waals surface area contributed by atoms with E-state index < -0.39 is 0 Å². The minimum absolute atomic E-state index is 0.0627.